The zero-order chi connectivity index (χ0) is 15.3. The molecule has 0 aromatic heterocycles. The van der Waals surface area contributed by atoms with Gasteiger partial charge in [-0.05, 0) is 36.6 Å². The van der Waals surface area contributed by atoms with Crippen molar-refractivity contribution >= 4 is 11.8 Å². The second-order valence-corrected chi connectivity index (χ2v) is 7.52. The lowest BCUT2D eigenvalue weighted by molar-refractivity contribution is -0.141. The van der Waals surface area contributed by atoms with Crippen LogP contribution in [-0.2, 0) is 9.59 Å². The van der Waals surface area contributed by atoms with Gasteiger partial charge in [-0.1, -0.05) is 34.6 Å². The second kappa shape index (κ2) is 4.83. The molecule has 1 aliphatic heterocycles. The number of nitrogens with one attached hydrogen (secondary N) is 1. The molecule has 1 saturated carbocycles. The minimum Gasteiger partial charge on any atom is -0.305 e. The summed E-state index contributed by atoms with van der Waals surface area (Å²) in [5.74, 6) is 0.493. The predicted octanol–water partition coefficient (Wildman–Crippen LogP) is 2.18. The summed E-state index contributed by atoms with van der Waals surface area (Å²) in [4.78, 5) is 25.7. The summed E-state index contributed by atoms with van der Waals surface area (Å²) in [6, 6.07) is -0.306. The van der Waals surface area contributed by atoms with Gasteiger partial charge in [0.1, 0.15) is 0 Å². The molecule has 1 saturated heterocycles. The largest absolute Gasteiger partial charge is 0.305 e. The number of nitrogens with zero attached hydrogens (tertiary/aromatic N) is 1. The number of hydrogen-bond acceptors (Lipinski definition) is 3. The van der Waals surface area contributed by atoms with Gasteiger partial charge in [-0.3, -0.25) is 14.5 Å². The Morgan fingerprint density at radius 1 is 1.25 bits per heavy atom. The van der Waals surface area contributed by atoms with Crippen LogP contribution >= 0.6 is 0 Å². The third-order valence-corrected chi connectivity index (χ3v) is 6.10. The first-order chi connectivity index (χ1) is 9.14. The Balaban J connectivity index is 1.93. The third kappa shape index (κ3) is 2.18. The Kier molecular flexibility index (Phi) is 3.74. The molecule has 1 heterocycles. The van der Waals surface area contributed by atoms with Gasteiger partial charge in [0.2, 0.25) is 11.8 Å². The molecule has 0 spiro atoms. The molecule has 1 N–H and O–H groups in total. The normalized spacial score (nSPS) is 29.9. The fourth-order valence-corrected chi connectivity index (χ4v) is 3.56. The first-order valence-corrected chi connectivity index (χ1v) is 7.73. The van der Waals surface area contributed by atoms with E-state index in [0.717, 1.165) is 13.0 Å². The monoisotopic (exact) mass is 280 g/mol. The highest BCUT2D eigenvalue weighted by molar-refractivity contribution is 6.05. The number of carbonyl (C=O) groups is 2. The summed E-state index contributed by atoms with van der Waals surface area (Å²) >= 11 is 0. The standard InChI is InChI=1S/C16H28N2O2/c1-7-10(2)18-13(19)8-11(14(18)20)17-9-12-15(3,4)16(12,5)6/h10-12,17H,7-9H2,1-6H3. The maximum absolute atomic E-state index is 12.3. The van der Waals surface area contributed by atoms with Crippen LogP contribution in [0.3, 0.4) is 0 Å². The lowest BCUT2D eigenvalue weighted by atomic mass is 10.0. The fraction of sp³-hybridized carbons (Fsp3) is 0.875. The van der Waals surface area contributed by atoms with E-state index in [1.165, 1.54) is 4.90 Å². The minimum atomic E-state index is -0.316. The van der Waals surface area contributed by atoms with Crippen molar-refractivity contribution in [3.63, 3.8) is 0 Å². The van der Waals surface area contributed by atoms with Gasteiger partial charge in [-0.15, -0.1) is 0 Å². The highest BCUT2D eigenvalue weighted by Crippen LogP contribution is 2.67. The molecule has 0 aromatic rings. The van der Waals surface area contributed by atoms with Gasteiger partial charge in [-0.2, -0.15) is 0 Å². The molecule has 4 heteroatoms. The van der Waals surface area contributed by atoms with Crippen molar-refractivity contribution in [2.24, 2.45) is 16.7 Å². The molecular weight excluding hydrogens is 252 g/mol. The molecule has 2 amide bonds. The van der Waals surface area contributed by atoms with Crippen LogP contribution in [0.2, 0.25) is 0 Å². The van der Waals surface area contributed by atoms with E-state index in [2.05, 4.69) is 33.0 Å². The average Bonchev–Trinajstić information content (AvgIpc) is 2.61. The molecule has 0 aromatic carbocycles. The van der Waals surface area contributed by atoms with E-state index in [1.54, 1.807) is 0 Å². The molecule has 2 atom stereocenters. The van der Waals surface area contributed by atoms with Gasteiger partial charge in [0.15, 0.2) is 0 Å². The number of hydrogen-bond donors (Lipinski definition) is 1. The van der Waals surface area contributed by atoms with Crippen LogP contribution in [0.5, 0.6) is 0 Å². The quantitative estimate of drug-likeness (QED) is 0.785. The Bertz CT molecular complexity index is 414. The van der Waals surface area contributed by atoms with E-state index in [1.807, 2.05) is 13.8 Å². The SMILES string of the molecule is CCC(C)N1C(=O)CC(NCC2C(C)(C)C2(C)C)C1=O. The fourth-order valence-electron chi connectivity index (χ4n) is 3.56. The van der Waals surface area contributed by atoms with Crippen molar-refractivity contribution < 1.29 is 9.59 Å². The molecule has 2 unspecified atom stereocenters. The van der Waals surface area contributed by atoms with Crippen molar-refractivity contribution in [1.82, 2.24) is 10.2 Å². The zero-order valence-electron chi connectivity index (χ0n) is 13.6. The Labute approximate surface area is 122 Å². The van der Waals surface area contributed by atoms with Gasteiger partial charge >= 0.3 is 0 Å². The Morgan fingerprint density at radius 3 is 2.25 bits per heavy atom. The molecule has 20 heavy (non-hydrogen) atoms. The van der Waals surface area contributed by atoms with Crippen LogP contribution in [0.4, 0.5) is 0 Å². The van der Waals surface area contributed by atoms with Crippen LogP contribution in [0.1, 0.15) is 54.4 Å². The second-order valence-electron chi connectivity index (χ2n) is 7.52. The van der Waals surface area contributed by atoms with Crippen LogP contribution in [0.15, 0.2) is 0 Å². The molecule has 2 rings (SSSR count). The highest BCUT2D eigenvalue weighted by Gasteiger charge is 2.64. The molecule has 0 radical (unpaired) electrons. The van der Waals surface area contributed by atoms with Gasteiger partial charge in [-0.25, -0.2) is 0 Å². The van der Waals surface area contributed by atoms with Crippen molar-refractivity contribution in [3.05, 3.63) is 0 Å². The first kappa shape index (κ1) is 15.5. The summed E-state index contributed by atoms with van der Waals surface area (Å²) in [5, 5.41) is 3.33. The Morgan fingerprint density at radius 2 is 1.80 bits per heavy atom. The highest BCUT2D eigenvalue weighted by atomic mass is 16.2. The lowest BCUT2D eigenvalue weighted by Gasteiger charge is -2.21. The van der Waals surface area contributed by atoms with E-state index >= 15 is 0 Å². The number of rotatable bonds is 5. The lowest BCUT2D eigenvalue weighted by Crippen LogP contribution is -2.43. The Hall–Kier alpha value is -0.900. The van der Waals surface area contributed by atoms with Crippen molar-refractivity contribution in [2.45, 2.75) is 66.5 Å². The molecule has 1 aliphatic carbocycles. The molecule has 2 aliphatic rings. The van der Waals surface area contributed by atoms with Gasteiger partial charge < -0.3 is 5.32 Å². The summed E-state index contributed by atoms with van der Waals surface area (Å²) in [6.07, 6.45) is 1.13. The summed E-state index contributed by atoms with van der Waals surface area (Å²) in [7, 11) is 0. The van der Waals surface area contributed by atoms with Gasteiger partial charge in [0.05, 0.1) is 12.5 Å². The number of likely N-dealkylation sites (tertiary alicyclic amines) is 1. The molecule has 2 fully saturated rings. The first-order valence-electron chi connectivity index (χ1n) is 7.73. The van der Waals surface area contributed by atoms with Crippen LogP contribution in [0, 0.1) is 16.7 Å². The van der Waals surface area contributed by atoms with E-state index in [-0.39, 0.29) is 23.9 Å². The van der Waals surface area contributed by atoms with E-state index in [4.69, 9.17) is 0 Å². The van der Waals surface area contributed by atoms with E-state index < -0.39 is 0 Å². The summed E-state index contributed by atoms with van der Waals surface area (Å²) < 4.78 is 0. The molecule has 4 nitrogen and oxygen atoms in total. The summed E-state index contributed by atoms with van der Waals surface area (Å²) in [6.45, 7) is 13.8. The van der Waals surface area contributed by atoms with E-state index in [0.29, 0.717) is 23.2 Å². The predicted molar refractivity (Wildman–Crippen MR) is 79.1 cm³/mol. The van der Waals surface area contributed by atoms with Gasteiger partial charge in [0.25, 0.3) is 0 Å². The molecular formula is C16H28N2O2. The van der Waals surface area contributed by atoms with Crippen molar-refractivity contribution in [1.29, 1.82) is 0 Å². The summed E-state index contributed by atoms with van der Waals surface area (Å²) in [5.41, 5.74) is 0.615. The van der Waals surface area contributed by atoms with Crippen LogP contribution in [0.25, 0.3) is 0 Å². The van der Waals surface area contributed by atoms with Crippen LogP contribution < -0.4 is 5.32 Å². The number of carbonyl (C=O) groups excluding carboxylic acids is 2. The zero-order valence-corrected chi connectivity index (χ0v) is 13.6. The average molecular weight is 280 g/mol. The maximum Gasteiger partial charge on any atom is 0.247 e. The van der Waals surface area contributed by atoms with Crippen molar-refractivity contribution in [3.8, 4) is 0 Å². The number of amides is 2. The van der Waals surface area contributed by atoms with Crippen LogP contribution in [-0.4, -0.2) is 35.3 Å². The minimum absolute atomic E-state index is 0.00982. The molecule has 0 bridgehead atoms. The maximum atomic E-state index is 12.3. The van der Waals surface area contributed by atoms with E-state index in [9.17, 15) is 9.59 Å². The molecule has 114 valence electrons. The van der Waals surface area contributed by atoms with Gasteiger partial charge in [0, 0.05) is 6.04 Å². The third-order valence-electron chi connectivity index (χ3n) is 6.10. The number of imide groups is 1. The topological polar surface area (TPSA) is 49.4 Å². The smallest absolute Gasteiger partial charge is 0.247 e. The van der Waals surface area contributed by atoms with Crippen molar-refractivity contribution in [2.75, 3.05) is 6.54 Å².